The van der Waals surface area contributed by atoms with E-state index in [-0.39, 0.29) is 11.6 Å². The van der Waals surface area contributed by atoms with Crippen LogP contribution in [-0.4, -0.2) is 26.8 Å². The molecule has 6 heteroatoms. The predicted molar refractivity (Wildman–Crippen MR) is 71.5 cm³/mol. The summed E-state index contributed by atoms with van der Waals surface area (Å²) in [6.07, 6.45) is 1.49. The quantitative estimate of drug-likeness (QED) is 0.679. The van der Waals surface area contributed by atoms with Crippen LogP contribution in [0.5, 0.6) is 0 Å². The molecule has 1 aliphatic rings. The molecule has 6 nitrogen and oxygen atoms in total. The highest BCUT2D eigenvalue weighted by Gasteiger charge is 2.39. The smallest absolute Gasteiger partial charge is 0.287 e. The molecule has 4 rings (SSSR count). The fourth-order valence-electron chi connectivity index (χ4n) is 2.30. The van der Waals surface area contributed by atoms with Gasteiger partial charge in [0.15, 0.2) is 0 Å². The highest BCUT2D eigenvalue weighted by atomic mass is 16.2. The van der Waals surface area contributed by atoms with Gasteiger partial charge in [-0.1, -0.05) is 12.1 Å². The average molecular weight is 264 g/mol. The van der Waals surface area contributed by atoms with Crippen LogP contribution < -0.4 is 4.90 Å². The van der Waals surface area contributed by atoms with Gasteiger partial charge in [-0.05, 0) is 24.3 Å². The molecule has 0 spiro atoms. The average Bonchev–Trinajstić information content (AvgIpc) is 3.00. The fraction of sp³-hybridized carbons (Fsp3) is 0. The van der Waals surface area contributed by atoms with Crippen LogP contribution in [0.4, 0.5) is 5.95 Å². The van der Waals surface area contributed by atoms with E-state index in [0.717, 1.165) is 10.4 Å². The standard InChI is InChI=1S/C14H8N4O2/c19-12-8-4-3-7-15-11(8)13(20)18(12)14-16-9-5-1-2-6-10(9)17-14/h1-7H,(H,16,17). The molecule has 1 N–H and O–H groups in total. The van der Waals surface area contributed by atoms with E-state index in [1.807, 2.05) is 24.3 Å². The maximum Gasteiger partial charge on any atom is 0.287 e. The topological polar surface area (TPSA) is 79.0 Å². The lowest BCUT2D eigenvalue weighted by atomic mass is 10.2. The molecule has 0 fully saturated rings. The summed E-state index contributed by atoms with van der Waals surface area (Å²) in [7, 11) is 0. The van der Waals surface area contributed by atoms with Crippen molar-refractivity contribution in [1.82, 2.24) is 15.0 Å². The van der Waals surface area contributed by atoms with Gasteiger partial charge in [-0.25, -0.2) is 9.88 Å². The highest BCUT2D eigenvalue weighted by molar-refractivity contribution is 6.33. The number of pyridine rings is 1. The number of benzene rings is 1. The Balaban J connectivity index is 1.88. The minimum atomic E-state index is -0.454. The molecular formula is C14H8N4O2. The molecule has 2 amide bonds. The van der Waals surface area contributed by atoms with Gasteiger partial charge in [-0.15, -0.1) is 0 Å². The summed E-state index contributed by atoms with van der Waals surface area (Å²) in [5.74, 6) is -0.638. The van der Waals surface area contributed by atoms with Crippen LogP contribution in [0.15, 0.2) is 42.6 Å². The number of nitrogens with zero attached hydrogens (tertiary/aromatic N) is 3. The number of anilines is 1. The lowest BCUT2D eigenvalue weighted by Crippen LogP contribution is -2.30. The van der Waals surface area contributed by atoms with Gasteiger partial charge in [-0.3, -0.25) is 14.6 Å². The number of imidazole rings is 1. The summed E-state index contributed by atoms with van der Waals surface area (Å²) >= 11 is 0. The Labute approximate surface area is 113 Å². The Morgan fingerprint density at radius 3 is 2.65 bits per heavy atom. The molecule has 1 aliphatic heterocycles. The lowest BCUT2D eigenvalue weighted by molar-refractivity contribution is 0.0923. The molecule has 0 saturated heterocycles. The van der Waals surface area contributed by atoms with Crippen LogP contribution in [-0.2, 0) is 0 Å². The van der Waals surface area contributed by atoms with Gasteiger partial charge >= 0.3 is 0 Å². The van der Waals surface area contributed by atoms with Gasteiger partial charge in [0.05, 0.1) is 16.6 Å². The zero-order valence-electron chi connectivity index (χ0n) is 10.2. The molecule has 0 unspecified atom stereocenters. The predicted octanol–water partition coefficient (Wildman–Crippen LogP) is 1.76. The number of fused-ring (bicyclic) bond motifs is 2. The normalized spacial score (nSPS) is 14.1. The van der Waals surface area contributed by atoms with E-state index in [0.29, 0.717) is 11.1 Å². The number of hydrogen-bond donors (Lipinski definition) is 1. The molecule has 3 heterocycles. The lowest BCUT2D eigenvalue weighted by Gasteiger charge is -2.08. The van der Waals surface area contributed by atoms with E-state index in [4.69, 9.17) is 0 Å². The van der Waals surface area contributed by atoms with Gasteiger partial charge < -0.3 is 4.98 Å². The molecule has 0 aliphatic carbocycles. The molecule has 96 valence electrons. The van der Waals surface area contributed by atoms with Crippen LogP contribution in [0, 0.1) is 0 Å². The van der Waals surface area contributed by atoms with Crippen molar-refractivity contribution < 1.29 is 9.59 Å². The highest BCUT2D eigenvalue weighted by Crippen LogP contribution is 2.26. The Bertz CT molecular complexity index is 800. The van der Waals surface area contributed by atoms with Gasteiger partial charge in [-0.2, -0.15) is 0 Å². The van der Waals surface area contributed by atoms with Gasteiger partial charge in [0, 0.05) is 6.20 Å². The van der Waals surface area contributed by atoms with Crippen molar-refractivity contribution in [2.75, 3.05) is 4.90 Å². The summed E-state index contributed by atoms with van der Waals surface area (Å²) in [6, 6.07) is 10.6. The first-order chi connectivity index (χ1) is 9.75. The molecule has 0 atom stereocenters. The first kappa shape index (κ1) is 10.9. The van der Waals surface area contributed by atoms with E-state index in [1.165, 1.54) is 6.20 Å². The molecular weight excluding hydrogens is 256 g/mol. The number of aromatic amines is 1. The summed E-state index contributed by atoms with van der Waals surface area (Å²) in [5.41, 5.74) is 1.94. The Morgan fingerprint density at radius 1 is 1.00 bits per heavy atom. The second-order valence-corrected chi connectivity index (χ2v) is 4.42. The van der Waals surface area contributed by atoms with Crippen molar-refractivity contribution in [1.29, 1.82) is 0 Å². The van der Waals surface area contributed by atoms with Crippen molar-refractivity contribution in [2.24, 2.45) is 0 Å². The number of aromatic nitrogens is 3. The van der Waals surface area contributed by atoms with E-state index in [1.54, 1.807) is 12.1 Å². The van der Waals surface area contributed by atoms with Crippen LogP contribution >= 0.6 is 0 Å². The van der Waals surface area contributed by atoms with Crippen LogP contribution in [0.25, 0.3) is 11.0 Å². The first-order valence-corrected chi connectivity index (χ1v) is 6.04. The Kier molecular flexibility index (Phi) is 2.03. The van der Waals surface area contributed by atoms with Crippen molar-refractivity contribution >= 4 is 28.8 Å². The molecule has 20 heavy (non-hydrogen) atoms. The third-order valence-electron chi connectivity index (χ3n) is 3.24. The Hall–Kier alpha value is -3.02. The van der Waals surface area contributed by atoms with Gasteiger partial charge in [0.25, 0.3) is 11.8 Å². The number of carbonyl (C=O) groups excluding carboxylic acids is 2. The van der Waals surface area contributed by atoms with Crippen LogP contribution in [0.3, 0.4) is 0 Å². The zero-order chi connectivity index (χ0) is 13.7. The number of H-pyrrole nitrogens is 1. The monoisotopic (exact) mass is 264 g/mol. The van der Waals surface area contributed by atoms with Crippen molar-refractivity contribution in [3.8, 4) is 0 Å². The minimum Gasteiger partial charge on any atom is -0.323 e. The second kappa shape index (κ2) is 3.74. The number of imide groups is 1. The molecule has 3 aromatic rings. The van der Waals surface area contributed by atoms with Gasteiger partial charge in [0.2, 0.25) is 5.95 Å². The van der Waals surface area contributed by atoms with E-state index >= 15 is 0 Å². The van der Waals surface area contributed by atoms with E-state index < -0.39 is 11.8 Å². The molecule has 0 radical (unpaired) electrons. The summed E-state index contributed by atoms with van der Waals surface area (Å²) in [6.45, 7) is 0. The third-order valence-corrected chi connectivity index (χ3v) is 3.24. The molecule has 0 saturated carbocycles. The molecule has 0 bridgehead atoms. The van der Waals surface area contributed by atoms with Gasteiger partial charge in [0.1, 0.15) is 5.69 Å². The fourth-order valence-corrected chi connectivity index (χ4v) is 2.30. The molecule has 2 aromatic heterocycles. The van der Waals surface area contributed by atoms with Crippen LogP contribution in [0.2, 0.25) is 0 Å². The Morgan fingerprint density at radius 2 is 1.85 bits per heavy atom. The SMILES string of the molecule is O=C1c2cccnc2C(=O)N1c1nc2ccccc2[nH]1. The minimum absolute atomic E-state index is 0.165. The summed E-state index contributed by atoms with van der Waals surface area (Å²) in [4.78, 5) is 36.8. The summed E-state index contributed by atoms with van der Waals surface area (Å²) in [5, 5.41) is 0. The van der Waals surface area contributed by atoms with Crippen molar-refractivity contribution in [3.05, 3.63) is 53.9 Å². The number of para-hydroxylation sites is 2. The van der Waals surface area contributed by atoms with Crippen molar-refractivity contribution in [3.63, 3.8) is 0 Å². The number of carbonyl (C=O) groups is 2. The first-order valence-electron chi connectivity index (χ1n) is 6.04. The summed E-state index contributed by atoms with van der Waals surface area (Å²) < 4.78 is 0. The molecule has 1 aromatic carbocycles. The number of hydrogen-bond acceptors (Lipinski definition) is 4. The number of amides is 2. The maximum atomic E-state index is 12.3. The third kappa shape index (κ3) is 1.33. The maximum absolute atomic E-state index is 12.3. The van der Waals surface area contributed by atoms with E-state index in [9.17, 15) is 9.59 Å². The second-order valence-electron chi connectivity index (χ2n) is 4.42. The largest absolute Gasteiger partial charge is 0.323 e. The number of nitrogens with one attached hydrogen (secondary N) is 1. The zero-order valence-corrected chi connectivity index (χ0v) is 10.2. The van der Waals surface area contributed by atoms with E-state index in [2.05, 4.69) is 15.0 Å². The number of rotatable bonds is 1. The van der Waals surface area contributed by atoms with Crippen molar-refractivity contribution in [2.45, 2.75) is 0 Å². The van der Waals surface area contributed by atoms with Crippen LogP contribution in [0.1, 0.15) is 20.8 Å².